The lowest BCUT2D eigenvalue weighted by Crippen LogP contribution is -2.46. The highest BCUT2D eigenvalue weighted by atomic mass is 16.7. The molecule has 5 nitrogen and oxygen atoms in total. The van der Waals surface area contributed by atoms with Gasteiger partial charge in [0.05, 0.1) is 11.2 Å². The van der Waals surface area contributed by atoms with E-state index in [0.29, 0.717) is 13.1 Å². The first-order valence-corrected chi connectivity index (χ1v) is 12.0. The fourth-order valence-electron chi connectivity index (χ4n) is 4.68. The van der Waals surface area contributed by atoms with E-state index in [4.69, 9.17) is 4.84 Å². The summed E-state index contributed by atoms with van der Waals surface area (Å²) in [5, 5.41) is 5.52. The molecule has 3 heterocycles. The number of hydrogen-bond donors (Lipinski definition) is 0. The Hall–Kier alpha value is -3.47. The summed E-state index contributed by atoms with van der Waals surface area (Å²) in [6.45, 7) is 7.94. The van der Waals surface area contributed by atoms with Crippen LogP contribution in [0, 0.1) is 0 Å². The Morgan fingerprint density at radius 1 is 1.06 bits per heavy atom. The third kappa shape index (κ3) is 4.60. The van der Waals surface area contributed by atoms with E-state index in [1.807, 2.05) is 35.4 Å². The van der Waals surface area contributed by atoms with Gasteiger partial charge in [-0.2, -0.15) is 0 Å². The van der Waals surface area contributed by atoms with Crippen molar-refractivity contribution in [3.05, 3.63) is 83.6 Å². The second-order valence-corrected chi connectivity index (χ2v) is 10.4. The number of amides is 1. The average Bonchev–Trinajstić information content (AvgIpc) is 3.26. The van der Waals surface area contributed by atoms with E-state index in [-0.39, 0.29) is 16.9 Å². The number of carbonyl (C=O) groups excluding carboxylic acids is 1. The van der Waals surface area contributed by atoms with E-state index in [1.165, 1.54) is 5.56 Å². The first kappa shape index (κ1) is 22.3. The normalized spacial score (nSPS) is 17.9. The first-order chi connectivity index (χ1) is 16.3. The molecule has 174 valence electrons. The zero-order chi connectivity index (χ0) is 23.8. The van der Waals surface area contributed by atoms with Crippen LogP contribution in [-0.2, 0) is 15.0 Å². The fraction of sp³-hybridized carbons (Fsp3) is 0.345. The molecule has 0 bridgehead atoms. The largest absolute Gasteiger partial charge is 0.388 e. The number of oxime groups is 1. The molecule has 0 aliphatic carbocycles. The number of aromatic nitrogens is 1. The quantitative estimate of drug-likeness (QED) is 0.476. The maximum atomic E-state index is 12.8. The molecule has 1 fully saturated rings. The van der Waals surface area contributed by atoms with Crippen molar-refractivity contribution >= 4 is 28.6 Å². The average molecular weight is 454 g/mol. The van der Waals surface area contributed by atoms with Crippen molar-refractivity contribution in [3.63, 3.8) is 0 Å². The Morgan fingerprint density at radius 3 is 2.53 bits per heavy atom. The van der Waals surface area contributed by atoms with Crippen LogP contribution in [0.3, 0.4) is 0 Å². The molecule has 1 aromatic heterocycles. The topological polar surface area (TPSA) is 54.8 Å². The molecule has 2 aromatic carbocycles. The van der Waals surface area contributed by atoms with E-state index in [2.05, 4.69) is 67.3 Å². The molecule has 0 N–H and O–H groups in total. The summed E-state index contributed by atoms with van der Waals surface area (Å²) in [5.74, 6) is 0.0487. The van der Waals surface area contributed by atoms with Gasteiger partial charge in [0.15, 0.2) is 0 Å². The van der Waals surface area contributed by atoms with Gasteiger partial charge < -0.3 is 9.74 Å². The van der Waals surface area contributed by atoms with Crippen LogP contribution in [0.25, 0.3) is 17.0 Å². The van der Waals surface area contributed by atoms with Crippen molar-refractivity contribution < 1.29 is 9.63 Å². The summed E-state index contributed by atoms with van der Waals surface area (Å²) >= 11 is 0. The lowest BCUT2D eigenvalue weighted by Gasteiger charge is -2.36. The van der Waals surface area contributed by atoms with Crippen molar-refractivity contribution in [3.8, 4) is 0 Å². The van der Waals surface area contributed by atoms with Gasteiger partial charge in [0.25, 0.3) is 0 Å². The van der Waals surface area contributed by atoms with E-state index in [9.17, 15) is 4.79 Å². The number of para-hydroxylation sites is 1. The molecule has 5 heteroatoms. The maximum Gasteiger partial charge on any atom is 0.246 e. The van der Waals surface area contributed by atoms with Crippen molar-refractivity contribution in [2.75, 3.05) is 13.1 Å². The summed E-state index contributed by atoms with van der Waals surface area (Å²) < 4.78 is 0. The number of carbonyl (C=O) groups is 1. The van der Waals surface area contributed by atoms with Gasteiger partial charge in [0.2, 0.25) is 5.91 Å². The van der Waals surface area contributed by atoms with E-state index in [1.54, 1.807) is 6.08 Å². The second kappa shape index (κ2) is 8.71. The molecular formula is C29H31N3O2. The minimum absolute atomic E-state index is 0.0487. The standard InChI is InChI=1S/C29H31N3O2/c1-28(2,3)24-11-8-21(9-12-24)10-13-27(33)32-16-14-29(15-17-32)19-26(31-34-29)23-18-22-6-4-5-7-25(22)30-20-23/h4-13,18,20H,14-17,19H2,1-3H3. The number of hydrogen-bond acceptors (Lipinski definition) is 4. The van der Waals surface area contributed by atoms with Crippen LogP contribution in [0.1, 0.15) is 56.7 Å². The minimum Gasteiger partial charge on any atom is -0.388 e. The predicted molar refractivity (Wildman–Crippen MR) is 137 cm³/mol. The first-order valence-electron chi connectivity index (χ1n) is 12.0. The number of piperidine rings is 1. The van der Waals surface area contributed by atoms with Crippen LogP contribution >= 0.6 is 0 Å². The monoisotopic (exact) mass is 453 g/mol. The van der Waals surface area contributed by atoms with Gasteiger partial charge in [0, 0.05) is 55.6 Å². The summed E-state index contributed by atoms with van der Waals surface area (Å²) in [5.41, 5.74) is 5.06. The maximum absolute atomic E-state index is 12.8. The number of likely N-dealkylation sites (tertiary alicyclic amines) is 1. The Bertz CT molecular complexity index is 1260. The van der Waals surface area contributed by atoms with Crippen LogP contribution < -0.4 is 0 Å². The molecule has 0 saturated carbocycles. The molecule has 2 aliphatic heterocycles. The van der Waals surface area contributed by atoms with Gasteiger partial charge in [0.1, 0.15) is 5.60 Å². The van der Waals surface area contributed by atoms with Crippen molar-refractivity contribution in [2.24, 2.45) is 5.16 Å². The fourth-order valence-corrected chi connectivity index (χ4v) is 4.68. The molecule has 0 radical (unpaired) electrons. The van der Waals surface area contributed by atoms with E-state index in [0.717, 1.165) is 47.0 Å². The van der Waals surface area contributed by atoms with E-state index >= 15 is 0 Å². The molecule has 34 heavy (non-hydrogen) atoms. The highest BCUT2D eigenvalue weighted by Gasteiger charge is 2.43. The molecule has 1 amide bonds. The minimum atomic E-state index is -0.315. The Kier molecular flexibility index (Phi) is 5.72. The number of benzene rings is 2. The number of pyridine rings is 1. The Labute approximate surface area is 201 Å². The molecule has 2 aliphatic rings. The van der Waals surface area contributed by atoms with Gasteiger partial charge >= 0.3 is 0 Å². The van der Waals surface area contributed by atoms with Gasteiger partial charge in [-0.3, -0.25) is 9.78 Å². The van der Waals surface area contributed by atoms with Crippen LogP contribution in [0.2, 0.25) is 0 Å². The third-order valence-electron chi connectivity index (χ3n) is 6.94. The number of nitrogens with zero attached hydrogens (tertiary/aromatic N) is 3. The van der Waals surface area contributed by atoms with Gasteiger partial charge in [-0.25, -0.2) is 0 Å². The Balaban J connectivity index is 1.17. The van der Waals surface area contributed by atoms with Gasteiger partial charge in [-0.15, -0.1) is 0 Å². The Morgan fingerprint density at radius 2 is 1.79 bits per heavy atom. The lowest BCUT2D eigenvalue weighted by atomic mass is 9.85. The predicted octanol–water partition coefficient (Wildman–Crippen LogP) is 5.73. The highest BCUT2D eigenvalue weighted by Crippen LogP contribution is 2.36. The zero-order valence-corrected chi connectivity index (χ0v) is 20.1. The van der Waals surface area contributed by atoms with Crippen molar-refractivity contribution in [1.29, 1.82) is 0 Å². The van der Waals surface area contributed by atoms with Crippen LogP contribution in [0.15, 0.2) is 72.0 Å². The summed E-state index contributed by atoms with van der Waals surface area (Å²) in [4.78, 5) is 25.2. The summed E-state index contributed by atoms with van der Waals surface area (Å²) in [6, 6.07) is 18.6. The number of rotatable bonds is 3. The number of fused-ring (bicyclic) bond motifs is 1. The zero-order valence-electron chi connectivity index (χ0n) is 20.1. The third-order valence-corrected chi connectivity index (χ3v) is 6.94. The SMILES string of the molecule is CC(C)(C)c1ccc(C=CC(=O)N2CCC3(CC2)CC(c2cnc4ccccc4c2)=NO3)cc1. The summed E-state index contributed by atoms with van der Waals surface area (Å²) in [7, 11) is 0. The van der Waals surface area contributed by atoms with Gasteiger partial charge in [-0.05, 0) is 34.8 Å². The van der Waals surface area contributed by atoms with Crippen LogP contribution in [-0.4, -0.2) is 40.2 Å². The summed E-state index contributed by atoms with van der Waals surface area (Å²) in [6.07, 6.45) is 7.77. The lowest BCUT2D eigenvalue weighted by molar-refractivity contribution is -0.131. The molecule has 3 aromatic rings. The second-order valence-electron chi connectivity index (χ2n) is 10.4. The van der Waals surface area contributed by atoms with Crippen molar-refractivity contribution in [1.82, 2.24) is 9.88 Å². The molecule has 0 atom stereocenters. The smallest absolute Gasteiger partial charge is 0.246 e. The molecule has 1 spiro atoms. The van der Waals surface area contributed by atoms with Crippen LogP contribution in [0.5, 0.6) is 0 Å². The highest BCUT2D eigenvalue weighted by molar-refractivity contribution is 6.03. The van der Waals surface area contributed by atoms with E-state index < -0.39 is 0 Å². The van der Waals surface area contributed by atoms with Gasteiger partial charge in [-0.1, -0.05) is 68.4 Å². The van der Waals surface area contributed by atoms with Crippen LogP contribution in [0.4, 0.5) is 0 Å². The molecule has 1 saturated heterocycles. The molecule has 5 rings (SSSR count). The molecular weight excluding hydrogens is 422 g/mol. The van der Waals surface area contributed by atoms with Crippen molar-refractivity contribution in [2.45, 2.75) is 51.0 Å². The molecule has 0 unspecified atom stereocenters.